The lowest BCUT2D eigenvalue weighted by molar-refractivity contribution is -0.136. The summed E-state index contributed by atoms with van der Waals surface area (Å²) in [5.74, 6) is -0.827. The molecule has 0 radical (unpaired) electrons. The first-order valence-electron chi connectivity index (χ1n) is 21.0. The molecule has 3 aromatic heterocycles. The van der Waals surface area contributed by atoms with Crippen LogP contribution in [0.5, 0.6) is 11.6 Å². The lowest BCUT2D eigenvalue weighted by atomic mass is 9.61. The van der Waals surface area contributed by atoms with Gasteiger partial charge in [0.15, 0.2) is 0 Å². The molecule has 306 valence electrons. The Kier molecular flexibility index (Phi) is 10.9. The minimum Gasteiger partial charge on any atom is -0.490 e. The van der Waals surface area contributed by atoms with E-state index in [2.05, 4.69) is 56.1 Å². The molecule has 0 bridgehead atoms. The topological polar surface area (TPSA) is 145 Å². The summed E-state index contributed by atoms with van der Waals surface area (Å²) in [6.07, 6.45) is 14.4. The van der Waals surface area contributed by atoms with Crippen LogP contribution in [0, 0.1) is 5.41 Å². The van der Waals surface area contributed by atoms with Crippen LogP contribution in [0.1, 0.15) is 84.9 Å². The molecule has 59 heavy (non-hydrogen) atoms. The minimum absolute atomic E-state index is 0.0819. The molecule has 13 nitrogen and oxygen atoms in total. The molecule has 5 aromatic rings. The third kappa shape index (κ3) is 7.93. The van der Waals surface area contributed by atoms with E-state index in [0.717, 1.165) is 86.4 Å². The Labute approximate surface area is 343 Å². The monoisotopic (exact) mass is 798 g/mol. The molecular weight excluding hydrogens is 749 g/mol. The number of hydrogen-bond donors (Lipinski definition) is 1. The number of unbranched alkanes of at least 4 members (excludes halogenated alkanes) is 4. The lowest BCUT2D eigenvalue weighted by Gasteiger charge is -2.58. The number of imide groups is 2. The highest BCUT2D eigenvalue weighted by Gasteiger charge is 2.53. The van der Waals surface area contributed by atoms with Gasteiger partial charge in [-0.15, -0.1) is 0 Å². The minimum atomic E-state index is -0.974. The van der Waals surface area contributed by atoms with Crippen molar-refractivity contribution >= 4 is 45.4 Å². The van der Waals surface area contributed by atoms with Gasteiger partial charge < -0.3 is 23.7 Å². The molecule has 1 atom stereocenters. The molecule has 2 saturated heterocycles. The van der Waals surface area contributed by atoms with Gasteiger partial charge in [0.2, 0.25) is 17.7 Å². The number of hydrogen-bond acceptors (Lipinski definition) is 10. The number of carbonyl (C=O) groups excluding carboxylic acids is 4. The number of piperidine rings is 1. The fourth-order valence-electron chi connectivity index (χ4n) is 9.37. The number of aromatic nitrogens is 3. The van der Waals surface area contributed by atoms with Gasteiger partial charge in [-0.05, 0) is 93.5 Å². The van der Waals surface area contributed by atoms with Crippen LogP contribution in [0.25, 0.3) is 32.9 Å². The van der Waals surface area contributed by atoms with E-state index in [1.807, 2.05) is 30.7 Å². The van der Waals surface area contributed by atoms with Crippen molar-refractivity contribution in [1.29, 1.82) is 0 Å². The van der Waals surface area contributed by atoms with Crippen molar-refractivity contribution in [2.45, 2.75) is 76.4 Å². The molecule has 1 N–H and O–H groups in total. The predicted molar refractivity (Wildman–Crippen MR) is 221 cm³/mol. The second-order valence-corrected chi connectivity index (χ2v) is 16.7. The third-order valence-electron chi connectivity index (χ3n) is 12.5. The largest absolute Gasteiger partial charge is 0.490 e. The normalized spacial score (nSPS) is 19.0. The van der Waals surface area contributed by atoms with E-state index < -0.39 is 29.7 Å². The van der Waals surface area contributed by atoms with E-state index in [1.165, 1.54) is 35.7 Å². The van der Waals surface area contributed by atoms with Crippen LogP contribution in [0.15, 0.2) is 73.2 Å². The van der Waals surface area contributed by atoms with E-state index in [1.54, 1.807) is 18.2 Å². The van der Waals surface area contributed by atoms with Gasteiger partial charge in [0.1, 0.15) is 11.8 Å². The van der Waals surface area contributed by atoms with Gasteiger partial charge in [-0.3, -0.25) is 34.4 Å². The van der Waals surface area contributed by atoms with Gasteiger partial charge in [0, 0.05) is 91.7 Å². The Bertz CT molecular complexity index is 2400. The first-order valence-corrected chi connectivity index (χ1v) is 21.0. The average Bonchev–Trinajstić information content (AvgIpc) is 3.64. The van der Waals surface area contributed by atoms with Gasteiger partial charge in [-0.2, -0.15) is 0 Å². The highest BCUT2D eigenvalue weighted by Crippen LogP contribution is 2.50. The number of carbonyl (C=O) groups is 4. The maximum absolute atomic E-state index is 13.1. The van der Waals surface area contributed by atoms with E-state index in [-0.39, 0.29) is 30.1 Å². The molecule has 9 rings (SSSR count). The Morgan fingerprint density at radius 1 is 0.780 bits per heavy atom. The maximum atomic E-state index is 13.1. The fourth-order valence-corrected chi connectivity index (χ4v) is 9.37. The van der Waals surface area contributed by atoms with Gasteiger partial charge in [-0.25, -0.2) is 4.98 Å². The molecule has 3 aliphatic heterocycles. The number of rotatable bonds is 17. The van der Waals surface area contributed by atoms with E-state index >= 15 is 0 Å². The van der Waals surface area contributed by atoms with E-state index in [4.69, 9.17) is 14.2 Å². The Balaban J connectivity index is 0.595. The van der Waals surface area contributed by atoms with Crippen molar-refractivity contribution < 1.29 is 33.4 Å². The summed E-state index contributed by atoms with van der Waals surface area (Å²) in [5.41, 5.74) is 5.35. The first kappa shape index (κ1) is 38.8. The molecule has 1 spiro atoms. The second kappa shape index (κ2) is 16.5. The number of pyridine rings is 2. The fraction of sp³-hybridized carbons (Fsp3) is 0.435. The zero-order valence-electron chi connectivity index (χ0n) is 33.5. The van der Waals surface area contributed by atoms with Crippen molar-refractivity contribution in [2.75, 3.05) is 39.5 Å². The zero-order chi connectivity index (χ0) is 40.5. The summed E-state index contributed by atoms with van der Waals surface area (Å²) >= 11 is 0. The average molecular weight is 799 g/mol. The van der Waals surface area contributed by atoms with Gasteiger partial charge in [-0.1, -0.05) is 25.0 Å². The summed E-state index contributed by atoms with van der Waals surface area (Å²) in [5, 5.41) is 4.59. The Morgan fingerprint density at radius 3 is 2.37 bits per heavy atom. The highest BCUT2D eigenvalue weighted by atomic mass is 16.5. The molecular formula is C46H50N6O7. The van der Waals surface area contributed by atoms with Gasteiger partial charge in [0.05, 0.1) is 29.4 Å². The summed E-state index contributed by atoms with van der Waals surface area (Å²) in [6, 6.07) is 16.5. The SMILES string of the molecule is Cn1c2ccncc2c2ccc(-c3ccc(OCCCCOCCCCCCN4CC5(CC(Oc6ccc7c(c6)C(=O)N(C6CCC(=O)NC6=O)C7=O)C5)C4)nc3)cc21. The molecule has 1 saturated carbocycles. The second-order valence-electron chi connectivity index (χ2n) is 16.7. The Hall–Kier alpha value is -5.66. The van der Waals surface area contributed by atoms with Crippen LogP contribution in [-0.2, 0) is 21.4 Å². The molecule has 13 heteroatoms. The van der Waals surface area contributed by atoms with Crippen molar-refractivity contribution in [3.8, 4) is 22.8 Å². The van der Waals surface area contributed by atoms with Crippen molar-refractivity contribution in [3.63, 3.8) is 0 Å². The standard InChI is InChI=1S/C46H50N6O7/c1-50-38-16-17-47-27-37(38)34-11-8-30(22-40(34)50)31-9-15-42(48-26-31)58-21-7-6-20-57-19-5-3-2-4-18-51-28-46(29-51)24-33(25-46)59-32-10-12-35-36(23-32)45(56)52(44(35)55)39-13-14-41(53)49-43(39)54/h8-12,15-17,22-23,26-27,33,39H,2-7,13-14,18-21,24-25,28-29H2,1H3,(H,49,53,54). The number of fused-ring (bicyclic) bond motifs is 4. The van der Waals surface area contributed by atoms with E-state index in [9.17, 15) is 19.2 Å². The van der Waals surface area contributed by atoms with Crippen molar-refractivity contribution in [2.24, 2.45) is 12.5 Å². The molecule has 4 aliphatic rings. The van der Waals surface area contributed by atoms with Crippen LogP contribution in [0.3, 0.4) is 0 Å². The van der Waals surface area contributed by atoms with Crippen molar-refractivity contribution in [3.05, 3.63) is 84.3 Å². The van der Waals surface area contributed by atoms with Crippen LogP contribution in [0.4, 0.5) is 0 Å². The lowest BCUT2D eigenvalue weighted by Crippen LogP contribution is -2.64. The quantitative estimate of drug-likeness (QED) is 0.0821. The van der Waals surface area contributed by atoms with Crippen LogP contribution >= 0.6 is 0 Å². The van der Waals surface area contributed by atoms with Gasteiger partial charge >= 0.3 is 0 Å². The highest BCUT2D eigenvalue weighted by molar-refractivity contribution is 6.23. The molecule has 2 aromatic carbocycles. The number of ether oxygens (including phenoxy) is 3. The Morgan fingerprint density at radius 2 is 1.56 bits per heavy atom. The molecule has 1 unspecified atom stereocenters. The molecule has 3 fully saturated rings. The molecule has 4 amide bonds. The number of nitrogens with zero attached hydrogens (tertiary/aromatic N) is 5. The molecule has 1 aliphatic carbocycles. The van der Waals surface area contributed by atoms with E-state index in [0.29, 0.717) is 23.7 Å². The smallest absolute Gasteiger partial charge is 0.262 e. The molecule has 6 heterocycles. The number of benzene rings is 2. The predicted octanol–water partition coefficient (Wildman–Crippen LogP) is 6.47. The van der Waals surface area contributed by atoms with Crippen LogP contribution < -0.4 is 14.8 Å². The summed E-state index contributed by atoms with van der Waals surface area (Å²) in [7, 11) is 2.09. The number of aryl methyl sites for hydroxylation is 1. The van der Waals surface area contributed by atoms with Gasteiger partial charge in [0.25, 0.3) is 11.8 Å². The summed E-state index contributed by atoms with van der Waals surface area (Å²) in [6.45, 7) is 5.48. The first-order chi connectivity index (χ1) is 28.7. The summed E-state index contributed by atoms with van der Waals surface area (Å²) < 4.78 is 20.2. The third-order valence-corrected chi connectivity index (χ3v) is 12.5. The summed E-state index contributed by atoms with van der Waals surface area (Å²) in [4.78, 5) is 62.4. The number of nitrogens with one attached hydrogen (secondary N) is 1. The zero-order valence-corrected chi connectivity index (χ0v) is 33.5. The van der Waals surface area contributed by atoms with Crippen molar-refractivity contribution in [1.82, 2.24) is 29.7 Å². The van der Waals surface area contributed by atoms with Crippen LogP contribution in [-0.4, -0.2) is 99.6 Å². The van der Waals surface area contributed by atoms with Crippen LogP contribution in [0.2, 0.25) is 0 Å². The number of amides is 4. The maximum Gasteiger partial charge on any atom is 0.262 e. The number of likely N-dealkylation sites (tertiary alicyclic amines) is 1.